The number of carbonyl (C=O) groups is 1. The smallest absolute Gasteiger partial charge is 0.416 e. The Morgan fingerprint density at radius 1 is 1.48 bits per heavy atom. The zero-order valence-corrected chi connectivity index (χ0v) is 11.0. The van der Waals surface area contributed by atoms with Crippen LogP contribution in [-0.2, 0) is 15.7 Å². The molecule has 1 aliphatic rings. The summed E-state index contributed by atoms with van der Waals surface area (Å²) in [6, 6.07) is 1.31. The van der Waals surface area contributed by atoms with E-state index < -0.39 is 35.0 Å². The fourth-order valence-electron chi connectivity index (χ4n) is 2.08. The molecule has 2 atom stereocenters. The first kappa shape index (κ1) is 15.6. The number of ether oxygens (including phenoxy) is 1. The van der Waals surface area contributed by atoms with Crippen molar-refractivity contribution in [2.45, 2.75) is 19.1 Å². The number of carboxylic acid groups (broad SMARTS) is 1. The summed E-state index contributed by atoms with van der Waals surface area (Å²) in [7, 11) is 0. The van der Waals surface area contributed by atoms with Crippen LogP contribution in [0.3, 0.4) is 0 Å². The number of carboxylic acids is 1. The van der Waals surface area contributed by atoms with Gasteiger partial charge >= 0.3 is 12.1 Å². The van der Waals surface area contributed by atoms with Gasteiger partial charge in [0.25, 0.3) is 0 Å². The minimum Gasteiger partial charge on any atom is -0.481 e. The van der Waals surface area contributed by atoms with Crippen molar-refractivity contribution in [3.63, 3.8) is 0 Å². The maximum atomic E-state index is 13.7. The number of alkyl halides is 3. The van der Waals surface area contributed by atoms with Crippen molar-refractivity contribution < 1.29 is 32.2 Å². The molecular formula is C13H13F4NO3. The second kappa shape index (κ2) is 5.18. The van der Waals surface area contributed by atoms with E-state index in [2.05, 4.69) is 5.32 Å². The maximum absolute atomic E-state index is 13.7. The van der Waals surface area contributed by atoms with E-state index in [0.29, 0.717) is 6.07 Å². The van der Waals surface area contributed by atoms with Gasteiger partial charge in [-0.3, -0.25) is 4.79 Å². The first-order chi connectivity index (χ1) is 9.64. The van der Waals surface area contributed by atoms with E-state index in [1.165, 1.54) is 6.92 Å². The van der Waals surface area contributed by atoms with Crippen LogP contribution in [-0.4, -0.2) is 30.3 Å². The normalized spacial score (nSPS) is 25.9. The standard InChI is InChI=1S/C13H13F4NO3/c1-12(11(19)20)6-21-5-10(12)18-9-3-2-7(4-8(9)14)13(15,16)17/h2-4,10,18H,5-6H2,1H3,(H,19,20). The van der Waals surface area contributed by atoms with Crippen LogP contribution in [0.2, 0.25) is 0 Å². The average Bonchev–Trinajstić information content (AvgIpc) is 2.73. The molecule has 2 unspecified atom stereocenters. The molecule has 4 nitrogen and oxygen atoms in total. The number of anilines is 1. The number of nitrogens with one attached hydrogen (secondary N) is 1. The van der Waals surface area contributed by atoms with Gasteiger partial charge in [0.15, 0.2) is 0 Å². The molecule has 0 bridgehead atoms. The molecule has 1 aromatic carbocycles. The minimum absolute atomic E-state index is 0.0310. The SMILES string of the molecule is CC1(C(=O)O)COCC1Nc1ccc(C(F)(F)F)cc1F. The predicted octanol–water partition coefficient (Wildman–Crippen LogP) is 2.75. The number of aliphatic carboxylic acids is 1. The topological polar surface area (TPSA) is 58.6 Å². The lowest BCUT2D eigenvalue weighted by Crippen LogP contribution is -2.43. The highest BCUT2D eigenvalue weighted by Gasteiger charge is 2.47. The number of rotatable bonds is 3. The largest absolute Gasteiger partial charge is 0.481 e. The Morgan fingerprint density at radius 2 is 2.14 bits per heavy atom. The first-order valence-corrected chi connectivity index (χ1v) is 6.09. The van der Waals surface area contributed by atoms with Gasteiger partial charge in [0.05, 0.1) is 30.5 Å². The molecule has 0 aromatic heterocycles. The summed E-state index contributed by atoms with van der Waals surface area (Å²) in [4.78, 5) is 11.2. The van der Waals surface area contributed by atoms with Crippen LogP contribution in [0.15, 0.2) is 18.2 Å². The number of benzene rings is 1. The number of halogens is 4. The summed E-state index contributed by atoms with van der Waals surface area (Å²) in [5.74, 6) is -2.21. The molecule has 2 rings (SSSR count). The van der Waals surface area contributed by atoms with Gasteiger partial charge in [0, 0.05) is 0 Å². The lowest BCUT2D eigenvalue weighted by Gasteiger charge is -2.26. The van der Waals surface area contributed by atoms with E-state index in [1.807, 2.05) is 0 Å². The molecule has 21 heavy (non-hydrogen) atoms. The second-order valence-corrected chi connectivity index (χ2v) is 5.13. The molecular weight excluding hydrogens is 294 g/mol. The van der Waals surface area contributed by atoms with Crippen LogP contribution < -0.4 is 5.32 Å². The van der Waals surface area contributed by atoms with E-state index in [-0.39, 0.29) is 18.9 Å². The molecule has 0 spiro atoms. The van der Waals surface area contributed by atoms with Gasteiger partial charge in [0.2, 0.25) is 0 Å². The van der Waals surface area contributed by atoms with Crippen LogP contribution in [0, 0.1) is 11.2 Å². The van der Waals surface area contributed by atoms with E-state index in [9.17, 15) is 27.5 Å². The monoisotopic (exact) mass is 307 g/mol. The maximum Gasteiger partial charge on any atom is 0.416 e. The highest BCUT2D eigenvalue weighted by atomic mass is 19.4. The lowest BCUT2D eigenvalue weighted by molar-refractivity contribution is -0.148. The molecule has 0 aliphatic carbocycles. The van der Waals surface area contributed by atoms with Crippen molar-refractivity contribution in [1.82, 2.24) is 0 Å². The van der Waals surface area contributed by atoms with Gasteiger partial charge in [-0.1, -0.05) is 0 Å². The summed E-state index contributed by atoms with van der Waals surface area (Å²) in [5, 5.41) is 11.8. The van der Waals surface area contributed by atoms with Gasteiger partial charge in [-0.05, 0) is 25.1 Å². The third-order valence-electron chi connectivity index (χ3n) is 3.57. The van der Waals surface area contributed by atoms with Crippen LogP contribution in [0.1, 0.15) is 12.5 Å². The molecule has 0 radical (unpaired) electrons. The Labute approximate surface area is 117 Å². The average molecular weight is 307 g/mol. The lowest BCUT2D eigenvalue weighted by atomic mass is 9.85. The number of hydrogen-bond donors (Lipinski definition) is 2. The molecule has 1 fully saturated rings. The fraction of sp³-hybridized carbons (Fsp3) is 0.462. The molecule has 116 valence electrons. The minimum atomic E-state index is -4.63. The third-order valence-corrected chi connectivity index (χ3v) is 3.57. The fourth-order valence-corrected chi connectivity index (χ4v) is 2.08. The molecule has 2 N–H and O–H groups in total. The predicted molar refractivity (Wildman–Crippen MR) is 65.4 cm³/mol. The van der Waals surface area contributed by atoms with E-state index in [1.54, 1.807) is 0 Å². The molecule has 0 saturated carbocycles. The van der Waals surface area contributed by atoms with Gasteiger partial charge in [-0.25, -0.2) is 4.39 Å². The Balaban J connectivity index is 2.23. The summed E-state index contributed by atoms with van der Waals surface area (Å²) < 4.78 is 56.2. The molecule has 1 heterocycles. The summed E-state index contributed by atoms with van der Waals surface area (Å²) in [6.07, 6.45) is -4.63. The highest BCUT2D eigenvalue weighted by Crippen LogP contribution is 2.34. The van der Waals surface area contributed by atoms with Crippen molar-refractivity contribution in [2.75, 3.05) is 18.5 Å². The zero-order chi connectivity index (χ0) is 15.8. The van der Waals surface area contributed by atoms with E-state index >= 15 is 0 Å². The Bertz CT molecular complexity index is 561. The van der Waals surface area contributed by atoms with Crippen molar-refractivity contribution in [3.05, 3.63) is 29.6 Å². The zero-order valence-electron chi connectivity index (χ0n) is 11.0. The molecule has 1 saturated heterocycles. The highest BCUT2D eigenvalue weighted by molar-refractivity contribution is 5.76. The van der Waals surface area contributed by atoms with Crippen LogP contribution >= 0.6 is 0 Å². The Kier molecular flexibility index (Phi) is 3.83. The van der Waals surface area contributed by atoms with Gasteiger partial charge in [0.1, 0.15) is 11.2 Å². The van der Waals surface area contributed by atoms with Gasteiger partial charge in [-0.15, -0.1) is 0 Å². The van der Waals surface area contributed by atoms with Gasteiger partial charge < -0.3 is 15.2 Å². The molecule has 0 amide bonds. The second-order valence-electron chi connectivity index (χ2n) is 5.13. The Morgan fingerprint density at radius 3 is 2.67 bits per heavy atom. The quantitative estimate of drug-likeness (QED) is 0.843. The summed E-state index contributed by atoms with van der Waals surface area (Å²) in [5.41, 5.74) is -2.56. The van der Waals surface area contributed by atoms with Crippen LogP contribution in [0.25, 0.3) is 0 Å². The van der Waals surface area contributed by atoms with Crippen molar-refractivity contribution in [2.24, 2.45) is 5.41 Å². The van der Waals surface area contributed by atoms with Crippen molar-refractivity contribution in [1.29, 1.82) is 0 Å². The van der Waals surface area contributed by atoms with E-state index in [0.717, 1.165) is 12.1 Å². The van der Waals surface area contributed by atoms with E-state index in [4.69, 9.17) is 4.74 Å². The molecule has 1 aromatic rings. The molecule has 1 aliphatic heterocycles. The Hall–Kier alpha value is -1.83. The van der Waals surface area contributed by atoms with Crippen molar-refractivity contribution >= 4 is 11.7 Å². The first-order valence-electron chi connectivity index (χ1n) is 6.09. The third kappa shape index (κ3) is 2.94. The number of hydrogen-bond acceptors (Lipinski definition) is 3. The van der Waals surface area contributed by atoms with Crippen molar-refractivity contribution in [3.8, 4) is 0 Å². The van der Waals surface area contributed by atoms with Gasteiger partial charge in [-0.2, -0.15) is 13.2 Å². The van der Waals surface area contributed by atoms with Crippen LogP contribution in [0.4, 0.5) is 23.2 Å². The summed E-state index contributed by atoms with van der Waals surface area (Å²) in [6.45, 7) is 1.41. The van der Waals surface area contributed by atoms with Crippen LogP contribution in [0.5, 0.6) is 0 Å². The molecule has 8 heteroatoms. The summed E-state index contributed by atoms with van der Waals surface area (Å²) >= 11 is 0.